The molecule has 1 aliphatic carbocycles. The van der Waals surface area contributed by atoms with E-state index < -0.39 is 73.5 Å². The second kappa shape index (κ2) is 12.6. The summed E-state index contributed by atoms with van der Waals surface area (Å²) in [5.41, 5.74) is -3.13. The fourth-order valence-electron chi connectivity index (χ4n) is 4.36. The summed E-state index contributed by atoms with van der Waals surface area (Å²) in [7, 11) is -4.34. The summed E-state index contributed by atoms with van der Waals surface area (Å²) in [6.45, 7) is 5.66. The van der Waals surface area contributed by atoms with Gasteiger partial charge in [-0.2, -0.15) is 10.3 Å². The molecule has 0 bridgehead atoms. The Morgan fingerprint density at radius 3 is 2.50 bits per heavy atom. The fourth-order valence-corrected chi connectivity index (χ4v) is 5.86. The number of nitrogens with one attached hydrogen (secondary N) is 2. The van der Waals surface area contributed by atoms with Crippen LogP contribution in [0.2, 0.25) is 0 Å². The third kappa shape index (κ3) is 7.17. The van der Waals surface area contributed by atoms with Crippen molar-refractivity contribution in [3.63, 3.8) is 0 Å². The number of rotatable bonds is 12. The highest BCUT2D eigenvalue weighted by Gasteiger charge is 2.59. The molecule has 0 amide bonds. The number of esters is 2. The Balaban J connectivity index is 1.64. The van der Waals surface area contributed by atoms with Gasteiger partial charge in [0.2, 0.25) is 0 Å². The van der Waals surface area contributed by atoms with Crippen molar-refractivity contribution in [2.24, 2.45) is 11.3 Å². The number of H-pyrrole nitrogens is 1. The molecule has 0 spiro atoms. The molecule has 2 aliphatic rings. The molecule has 1 aliphatic heterocycles. The summed E-state index contributed by atoms with van der Waals surface area (Å²) < 4.78 is 43.4. The van der Waals surface area contributed by atoms with Crippen molar-refractivity contribution in [2.75, 3.05) is 6.61 Å². The molecule has 2 heterocycles. The monoisotopic (exact) mass is 604 g/mol. The average molecular weight is 605 g/mol. The topological polar surface area (TPSA) is 188 Å². The zero-order valence-electron chi connectivity index (χ0n) is 23.6. The quantitative estimate of drug-likeness (QED) is 0.266. The number of carbonyl (C=O) groups is 2. The minimum absolute atomic E-state index is 0.168. The molecule has 14 nitrogen and oxygen atoms in total. The van der Waals surface area contributed by atoms with Gasteiger partial charge in [-0.1, -0.05) is 18.2 Å². The largest absolute Gasteiger partial charge is 0.462 e. The van der Waals surface area contributed by atoms with E-state index in [2.05, 4.69) is 16.1 Å². The molecule has 2 fully saturated rings. The van der Waals surface area contributed by atoms with Gasteiger partial charge >= 0.3 is 25.4 Å². The van der Waals surface area contributed by atoms with Crippen molar-refractivity contribution in [3.05, 3.63) is 63.4 Å². The van der Waals surface area contributed by atoms with Gasteiger partial charge in [0, 0.05) is 12.3 Å². The number of hydrogen-bond acceptors (Lipinski definition) is 11. The summed E-state index contributed by atoms with van der Waals surface area (Å²) in [6.07, 6.45) is -1.80. The number of carbonyl (C=O) groups excluding carboxylic acids is 2. The number of nitriles is 1. The molecule has 226 valence electrons. The van der Waals surface area contributed by atoms with Gasteiger partial charge in [0.15, 0.2) is 12.3 Å². The van der Waals surface area contributed by atoms with E-state index >= 15 is 0 Å². The third-order valence-electron chi connectivity index (χ3n) is 6.68. The van der Waals surface area contributed by atoms with Crippen LogP contribution in [0.3, 0.4) is 0 Å². The lowest BCUT2D eigenvalue weighted by molar-refractivity contribution is -0.157. The van der Waals surface area contributed by atoms with Gasteiger partial charge in [0.1, 0.15) is 23.3 Å². The highest BCUT2D eigenvalue weighted by atomic mass is 31.2. The second-order valence-corrected chi connectivity index (χ2v) is 12.3. The predicted octanol–water partition coefficient (Wildman–Crippen LogP) is 2.42. The average Bonchev–Trinajstić information content (AvgIpc) is 3.74. The second-order valence-electron chi connectivity index (χ2n) is 10.6. The minimum Gasteiger partial charge on any atom is -0.462 e. The Morgan fingerprint density at radius 1 is 1.21 bits per heavy atom. The maximum atomic E-state index is 14.0. The number of aromatic amines is 1. The summed E-state index contributed by atoms with van der Waals surface area (Å²) in [5.74, 6) is -1.41. The van der Waals surface area contributed by atoms with Crippen molar-refractivity contribution < 1.29 is 37.4 Å². The molecule has 42 heavy (non-hydrogen) atoms. The molecular formula is C27H33N4O10P. The molecule has 2 N–H and O–H groups in total. The van der Waals surface area contributed by atoms with E-state index in [4.69, 9.17) is 23.3 Å². The van der Waals surface area contributed by atoms with Crippen molar-refractivity contribution in [3.8, 4) is 11.8 Å². The lowest BCUT2D eigenvalue weighted by Gasteiger charge is -2.29. The van der Waals surface area contributed by atoms with Crippen LogP contribution in [0.4, 0.5) is 0 Å². The Kier molecular flexibility index (Phi) is 9.37. The van der Waals surface area contributed by atoms with Crippen LogP contribution >= 0.6 is 7.75 Å². The number of hydrogen-bond donors (Lipinski definition) is 2. The lowest BCUT2D eigenvalue weighted by atomic mass is 9.83. The smallest absolute Gasteiger partial charge is 0.459 e. The van der Waals surface area contributed by atoms with Gasteiger partial charge in [-0.05, 0) is 52.7 Å². The van der Waals surface area contributed by atoms with Gasteiger partial charge in [-0.25, -0.2) is 9.36 Å². The fraction of sp³-hybridized carbons (Fsp3) is 0.519. The molecule has 1 aromatic carbocycles. The van der Waals surface area contributed by atoms with Gasteiger partial charge in [0.25, 0.3) is 5.56 Å². The summed E-state index contributed by atoms with van der Waals surface area (Å²) in [6, 6.07) is 10.1. The van der Waals surface area contributed by atoms with E-state index in [0.717, 1.165) is 16.8 Å². The van der Waals surface area contributed by atoms with Crippen LogP contribution in [-0.4, -0.2) is 52.5 Å². The van der Waals surface area contributed by atoms with Crippen molar-refractivity contribution in [1.29, 1.82) is 5.26 Å². The highest BCUT2D eigenvalue weighted by molar-refractivity contribution is 7.52. The van der Waals surface area contributed by atoms with E-state index in [-0.39, 0.29) is 11.7 Å². The Hall–Kier alpha value is -3.76. The van der Waals surface area contributed by atoms with E-state index in [0.29, 0.717) is 12.8 Å². The molecule has 2 aromatic rings. The van der Waals surface area contributed by atoms with E-state index in [1.807, 2.05) is 0 Å². The molecule has 0 radical (unpaired) electrons. The summed E-state index contributed by atoms with van der Waals surface area (Å²) in [5, 5.41) is 12.8. The number of para-hydroxylation sites is 1. The first-order valence-corrected chi connectivity index (χ1v) is 15.0. The van der Waals surface area contributed by atoms with E-state index in [1.54, 1.807) is 32.0 Å². The maximum Gasteiger partial charge on any atom is 0.459 e. The maximum absolute atomic E-state index is 14.0. The first-order valence-electron chi connectivity index (χ1n) is 13.4. The zero-order valence-corrected chi connectivity index (χ0v) is 24.4. The van der Waals surface area contributed by atoms with Crippen molar-refractivity contribution >= 4 is 19.7 Å². The van der Waals surface area contributed by atoms with Crippen LogP contribution < -0.4 is 20.9 Å². The van der Waals surface area contributed by atoms with Gasteiger partial charge in [0.05, 0.1) is 24.7 Å². The number of benzene rings is 1. The number of ether oxygens (including phenoxy) is 3. The normalized spacial score (nSPS) is 25.7. The zero-order chi connectivity index (χ0) is 30.7. The Morgan fingerprint density at radius 2 is 1.90 bits per heavy atom. The first kappa shape index (κ1) is 31.2. The van der Waals surface area contributed by atoms with Crippen LogP contribution in [0, 0.1) is 22.7 Å². The van der Waals surface area contributed by atoms with Crippen LogP contribution in [0.25, 0.3) is 0 Å². The van der Waals surface area contributed by atoms with E-state index in [1.165, 1.54) is 26.0 Å². The van der Waals surface area contributed by atoms with Gasteiger partial charge in [-0.3, -0.25) is 28.5 Å². The molecule has 1 saturated carbocycles. The molecule has 6 atom stereocenters. The van der Waals surface area contributed by atoms with E-state index in [9.17, 15) is 29.0 Å². The van der Waals surface area contributed by atoms with Crippen LogP contribution in [-0.2, 0) is 32.9 Å². The molecule has 1 unspecified atom stereocenters. The van der Waals surface area contributed by atoms with Crippen LogP contribution in [0.1, 0.15) is 46.8 Å². The lowest BCUT2D eigenvalue weighted by Crippen LogP contribution is -2.43. The Bertz CT molecular complexity index is 1500. The molecule has 1 aromatic heterocycles. The number of aromatic nitrogens is 2. The van der Waals surface area contributed by atoms with Crippen LogP contribution in [0.15, 0.2) is 52.2 Å². The summed E-state index contributed by atoms with van der Waals surface area (Å²) >= 11 is 0. The van der Waals surface area contributed by atoms with Crippen molar-refractivity contribution in [2.45, 2.75) is 71.1 Å². The molecule has 15 heteroatoms. The molecular weight excluding hydrogens is 571 g/mol. The van der Waals surface area contributed by atoms with Crippen LogP contribution in [0.5, 0.6) is 5.75 Å². The van der Waals surface area contributed by atoms with Crippen molar-refractivity contribution in [1.82, 2.24) is 14.6 Å². The van der Waals surface area contributed by atoms with Gasteiger partial charge in [-0.15, -0.1) is 0 Å². The van der Waals surface area contributed by atoms with Gasteiger partial charge < -0.3 is 18.7 Å². The third-order valence-corrected chi connectivity index (χ3v) is 8.32. The predicted molar refractivity (Wildman–Crippen MR) is 146 cm³/mol. The first-order chi connectivity index (χ1) is 19.8. The SMILES string of the molecule is CC(C)OC(=O)[C@H](C)NP(=O)(OC[C@H]1O[C@@H](n2ccc(=O)[nH]c2=O)[C@](C)(C#N)[C@@H]1OC(=O)C1CC1)Oc1ccccc1. The highest BCUT2D eigenvalue weighted by Crippen LogP contribution is 2.50. The summed E-state index contributed by atoms with van der Waals surface area (Å²) in [4.78, 5) is 51.6. The molecule has 4 rings (SSSR count). The minimum atomic E-state index is -4.34. The standard InChI is InChI=1S/C27H33N4O10P/c1-16(2)38-23(33)17(3)30-42(36,41-19-8-6-5-7-9-19)37-14-20-22(40-24(34)18-10-11-18)27(4,15-28)25(39-20)31-13-12-21(32)29-26(31)35/h5-9,12-13,16-18,20,22,25H,10-11,14H2,1-4H3,(H,30,36)(H,29,32,35)/t17-,20+,22+,25+,27+,42?/m0/s1. The number of nitrogens with zero attached hydrogens (tertiary/aromatic N) is 2. The molecule has 1 saturated heterocycles. The Labute approximate surface area is 241 Å².